The molecule has 1 aromatic heterocycles. The third-order valence-electron chi connectivity index (χ3n) is 2.12. The second-order valence-electron chi connectivity index (χ2n) is 3.55. The van der Waals surface area contributed by atoms with Gasteiger partial charge in [0.15, 0.2) is 6.04 Å². The lowest BCUT2D eigenvalue weighted by atomic mass is 10.1. The van der Waals surface area contributed by atoms with Crippen LogP contribution in [0.25, 0.3) is 0 Å². The molecule has 0 unspecified atom stereocenters. The minimum atomic E-state index is -1.48. The van der Waals surface area contributed by atoms with E-state index in [0.717, 1.165) is 6.20 Å². The molecule has 6 N–H and O–H groups in total. The van der Waals surface area contributed by atoms with Gasteiger partial charge in [-0.05, 0) is 6.92 Å². The lowest BCUT2D eigenvalue weighted by Gasteiger charge is -2.17. The van der Waals surface area contributed by atoms with Crippen LogP contribution in [0.2, 0.25) is 0 Å². The van der Waals surface area contributed by atoms with Gasteiger partial charge in [-0.2, -0.15) is 0 Å². The molecule has 0 aliphatic heterocycles. The molecule has 18 heavy (non-hydrogen) atoms. The van der Waals surface area contributed by atoms with Crippen molar-refractivity contribution in [2.24, 2.45) is 0 Å². The number of carboxylic acids is 1. The number of carbonyl (C=O) groups is 2. The topological polar surface area (TPSA) is 158 Å². The third kappa shape index (κ3) is 3.04. The van der Waals surface area contributed by atoms with E-state index in [4.69, 9.17) is 10.8 Å². The molecule has 9 nitrogen and oxygen atoms in total. The van der Waals surface area contributed by atoms with E-state index in [2.05, 4.69) is 15.3 Å². The number of nitrogen functional groups attached to an aromatic ring is 1. The standard InChI is InChI=1S/C9H12N4O5/c1-3(14)5(8(16)17)12-7(15)4-2-11-9(18)13-6(4)10/h2-3,5,14H,1H3,(H,12,15)(H,16,17)(H3,10,11,13,18)/t3-,5-/m1/s1. The van der Waals surface area contributed by atoms with Crippen LogP contribution in [-0.4, -0.2) is 44.2 Å². The molecule has 0 aliphatic rings. The second-order valence-corrected chi connectivity index (χ2v) is 3.55. The van der Waals surface area contributed by atoms with Gasteiger partial charge in [0, 0.05) is 6.20 Å². The van der Waals surface area contributed by atoms with Crippen LogP contribution in [0.3, 0.4) is 0 Å². The first-order valence-corrected chi connectivity index (χ1v) is 4.89. The summed E-state index contributed by atoms with van der Waals surface area (Å²) in [5, 5.41) is 20.0. The first-order valence-electron chi connectivity index (χ1n) is 4.89. The Morgan fingerprint density at radius 1 is 1.56 bits per heavy atom. The highest BCUT2D eigenvalue weighted by Crippen LogP contribution is 2.04. The van der Waals surface area contributed by atoms with Crippen molar-refractivity contribution in [2.45, 2.75) is 19.1 Å². The van der Waals surface area contributed by atoms with Gasteiger partial charge in [-0.3, -0.25) is 9.78 Å². The van der Waals surface area contributed by atoms with Crippen molar-refractivity contribution in [1.82, 2.24) is 15.3 Å². The molecule has 0 saturated heterocycles. The van der Waals surface area contributed by atoms with Gasteiger partial charge in [-0.15, -0.1) is 0 Å². The van der Waals surface area contributed by atoms with E-state index in [0.29, 0.717) is 0 Å². The van der Waals surface area contributed by atoms with E-state index in [1.54, 1.807) is 0 Å². The normalized spacial score (nSPS) is 13.7. The Bertz CT molecular complexity index is 524. The van der Waals surface area contributed by atoms with Crippen LogP contribution < -0.4 is 16.7 Å². The zero-order valence-electron chi connectivity index (χ0n) is 9.38. The Kier molecular flexibility index (Phi) is 4.00. The number of aliphatic carboxylic acids is 1. The number of anilines is 1. The van der Waals surface area contributed by atoms with Crippen molar-refractivity contribution in [1.29, 1.82) is 0 Å². The lowest BCUT2D eigenvalue weighted by Crippen LogP contribution is -2.47. The van der Waals surface area contributed by atoms with Crippen LogP contribution in [0.15, 0.2) is 11.0 Å². The van der Waals surface area contributed by atoms with E-state index in [1.165, 1.54) is 6.92 Å². The fourth-order valence-electron chi connectivity index (χ4n) is 1.20. The maximum absolute atomic E-state index is 11.7. The number of amides is 1. The number of H-pyrrole nitrogens is 1. The molecule has 0 bridgehead atoms. The molecule has 0 radical (unpaired) electrons. The molecule has 0 aliphatic carbocycles. The summed E-state index contributed by atoms with van der Waals surface area (Å²) >= 11 is 0. The fourth-order valence-corrected chi connectivity index (χ4v) is 1.20. The van der Waals surface area contributed by atoms with Crippen molar-refractivity contribution in [3.63, 3.8) is 0 Å². The summed E-state index contributed by atoms with van der Waals surface area (Å²) in [7, 11) is 0. The molecular formula is C9H12N4O5. The van der Waals surface area contributed by atoms with Crippen LogP contribution in [0.5, 0.6) is 0 Å². The number of carboxylic acid groups (broad SMARTS) is 1. The number of hydrogen-bond acceptors (Lipinski definition) is 6. The van der Waals surface area contributed by atoms with Crippen molar-refractivity contribution in [3.8, 4) is 0 Å². The highest BCUT2D eigenvalue weighted by Gasteiger charge is 2.26. The number of nitrogens with zero attached hydrogens (tertiary/aromatic N) is 1. The Morgan fingerprint density at radius 3 is 2.61 bits per heavy atom. The molecular weight excluding hydrogens is 244 g/mol. The highest BCUT2D eigenvalue weighted by molar-refractivity contribution is 5.99. The molecule has 9 heteroatoms. The largest absolute Gasteiger partial charge is 0.480 e. The molecule has 1 heterocycles. The van der Waals surface area contributed by atoms with E-state index < -0.39 is 29.7 Å². The summed E-state index contributed by atoms with van der Waals surface area (Å²) in [6.07, 6.45) is -0.367. The van der Waals surface area contributed by atoms with Gasteiger partial charge in [0.25, 0.3) is 5.91 Å². The summed E-state index contributed by atoms with van der Waals surface area (Å²) in [4.78, 5) is 38.6. The maximum atomic E-state index is 11.7. The molecule has 2 atom stereocenters. The van der Waals surface area contributed by atoms with Gasteiger partial charge < -0.3 is 21.3 Å². The average molecular weight is 256 g/mol. The molecule has 0 fully saturated rings. The molecule has 1 aromatic rings. The Morgan fingerprint density at radius 2 is 2.17 bits per heavy atom. The van der Waals surface area contributed by atoms with Crippen molar-refractivity contribution in [3.05, 3.63) is 22.2 Å². The predicted molar refractivity (Wildman–Crippen MR) is 59.8 cm³/mol. The number of aliphatic hydroxyl groups excluding tert-OH is 1. The second kappa shape index (κ2) is 5.27. The van der Waals surface area contributed by atoms with E-state index in [-0.39, 0.29) is 11.4 Å². The number of aromatic nitrogens is 2. The maximum Gasteiger partial charge on any atom is 0.346 e. The number of nitrogens with one attached hydrogen (secondary N) is 2. The smallest absolute Gasteiger partial charge is 0.346 e. The fraction of sp³-hybridized carbons (Fsp3) is 0.333. The van der Waals surface area contributed by atoms with Crippen molar-refractivity contribution in [2.75, 3.05) is 5.73 Å². The van der Waals surface area contributed by atoms with Gasteiger partial charge in [0.2, 0.25) is 0 Å². The number of aromatic amines is 1. The number of aliphatic hydroxyl groups is 1. The van der Waals surface area contributed by atoms with Gasteiger partial charge in [0.1, 0.15) is 5.82 Å². The van der Waals surface area contributed by atoms with Gasteiger partial charge in [-0.25, -0.2) is 14.6 Å². The lowest BCUT2D eigenvalue weighted by molar-refractivity contribution is -0.141. The molecule has 0 saturated carbocycles. The number of nitrogens with two attached hydrogens (primary N) is 1. The van der Waals surface area contributed by atoms with E-state index >= 15 is 0 Å². The van der Waals surface area contributed by atoms with Crippen LogP contribution in [0.4, 0.5) is 5.82 Å². The van der Waals surface area contributed by atoms with Crippen LogP contribution in [-0.2, 0) is 4.79 Å². The summed E-state index contributed by atoms with van der Waals surface area (Å²) in [6.45, 7) is 1.22. The third-order valence-corrected chi connectivity index (χ3v) is 2.12. The minimum absolute atomic E-state index is 0.179. The summed E-state index contributed by atoms with van der Waals surface area (Å²) in [6, 6.07) is -1.48. The summed E-state index contributed by atoms with van der Waals surface area (Å²) in [5.41, 5.74) is 4.48. The first-order chi connectivity index (χ1) is 8.32. The Balaban J connectivity index is 2.94. The zero-order chi connectivity index (χ0) is 13.9. The molecule has 1 rings (SSSR count). The molecule has 1 amide bonds. The van der Waals surface area contributed by atoms with Crippen LogP contribution in [0, 0.1) is 0 Å². The van der Waals surface area contributed by atoms with Crippen LogP contribution in [0.1, 0.15) is 17.3 Å². The van der Waals surface area contributed by atoms with Crippen molar-refractivity contribution < 1.29 is 19.8 Å². The number of carbonyl (C=O) groups excluding carboxylic acids is 1. The van der Waals surface area contributed by atoms with Gasteiger partial charge in [0.05, 0.1) is 11.7 Å². The summed E-state index contributed by atoms with van der Waals surface area (Å²) < 4.78 is 0. The monoisotopic (exact) mass is 256 g/mol. The highest BCUT2D eigenvalue weighted by atomic mass is 16.4. The molecule has 0 spiro atoms. The number of rotatable bonds is 4. The SMILES string of the molecule is C[C@@H](O)[C@@H](NC(=O)c1cnc(=O)[nH]c1N)C(=O)O. The van der Waals surface area contributed by atoms with E-state index in [1.807, 2.05) is 0 Å². The zero-order valence-corrected chi connectivity index (χ0v) is 9.38. The average Bonchev–Trinajstić information content (AvgIpc) is 2.24. The van der Waals surface area contributed by atoms with Gasteiger partial charge >= 0.3 is 11.7 Å². The molecule has 0 aromatic carbocycles. The number of hydrogen-bond donors (Lipinski definition) is 5. The quantitative estimate of drug-likeness (QED) is 0.413. The van der Waals surface area contributed by atoms with Crippen LogP contribution >= 0.6 is 0 Å². The molecule has 98 valence electrons. The van der Waals surface area contributed by atoms with E-state index in [9.17, 15) is 19.5 Å². The Labute approximate surface area is 101 Å². The van der Waals surface area contributed by atoms with Crippen molar-refractivity contribution >= 4 is 17.7 Å². The van der Waals surface area contributed by atoms with Gasteiger partial charge in [-0.1, -0.05) is 0 Å². The predicted octanol–water partition coefficient (Wildman–Crippen LogP) is -2.08. The first kappa shape index (κ1) is 13.6. The summed E-state index contributed by atoms with van der Waals surface area (Å²) in [5.74, 6) is -2.49. The Hall–Kier alpha value is -2.42. The minimum Gasteiger partial charge on any atom is -0.480 e.